The molecule has 90 heavy (non-hydrogen) atoms. The van der Waals surface area contributed by atoms with Gasteiger partial charge >= 0.3 is 15.6 Å². The van der Waals surface area contributed by atoms with Gasteiger partial charge in [0, 0.05) is 63.8 Å². The number of rotatable bonds is 30. The smallest absolute Gasteiger partial charge is 0.394 e. The van der Waals surface area contributed by atoms with Gasteiger partial charge in [-0.05, 0) is 44.4 Å². The minimum Gasteiger partial charge on any atom is -0.394 e. The molecule has 6 saturated heterocycles. The van der Waals surface area contributed by atoms with E-state index < -0.39 is 188 Å². The van der Waals surface area contributed by atoms with E-state index in [1.165, 1.54) is 21.8 Å². The van der Waals surface area contributed by atoms with E-state index in [4.69, 9.17) is 51.3 Å². The van der Waals surface area contributed by atoms with E-state index >= 15 is 0 Å². The molecule has 12 N–H and O–H groups in total. The van der Waals surface area contributed by atoms with Crippen molar-refractivity contribution >= 4 is 33.4 Å². The van der Waals surface area contributed by atoms with Crippen molar-refractivity contribution < 1.29 is 136 Å². The maximum Gasteiger partial charge on any atom is 0.472 e. The Morgan fingerprint density at radius 2 is 0.789 bits per heavy atom. The molecule has 0 bridgehead atoms. The van der Waals surface area contributed by atoms with Gasteiger partial charge in [0.1, 0.15) is 36.6 Å². The van der Waals surface area contributed by atoms with Gasteiger partial charge < -0.3 is 109 Å². The van der Waals surface area contributed by atoms with Gasteiger partial charge in [-0.3, -0.25) is 32.5 Å². The lowest BCUT2D eigenvalue weighted by molar-refractivity contribution is -0.282. The average molecular weight is 1350 g/mol. The zero-order valence-electron chi connectivity index (χ0n) is 52.2. The molecule has 23 atom stereocenters. The van der Waals surface area contributed by atoms with Crippen molar-refractivity contribution in [3.63, 3.8) is 0 Å². The summed E-state index contributed by atoms with van der Waals surface area (Å²) in [5.74, 6) is -2.50. The summed E-state index contributed by atoms with van der Waals surface area (Å²) in [5.41, 5.74) is 0. The number of phosphoric ester groups is 2. The third-order valence-electron chi connectivity index (χ3n) is 15.9. The highest BCUT2D eigenvalue weighted by atomic mass is 31.2. The Kier molecular flexibility index (Phi) is 37.8. The van der Waals surface area contributed by atoms with Gasteiger partial charge in [0.25, 0.3) is 0 Å². The molecule has 8 unspecified atom stereocenters. The predicted molar refractivity (Wildman–Crippen MR) is 321 cm³/mol. The van der Waals surface area contributed by atoms with Gasteiger partial charge in [0.05, 0.1) is 114 Å². The maximum atomic E-state index is 13.9. The van der Waals surface area contributed by atoms with E-state index in [1.807, 2.05) is 13.8 Å². The molecule has 0 aromatic heterocycles. The number of methoxy groups -OCH3 is 1. The minimum absolute atomic E-state index is 0. The first-order chi connectivity index (χ1) is 41.5. The van der Waals surface area contributed by atoms with E-state index in [-0.39, 0.29) is 125 Å². The Labute approximate surface area is 530 Å². The molecule has 0 aromatic rings. The van der Waals surface area contributed by atoms with Crippen LogP contribution in [-0.2, 0) is 74.8 Å². The van der Waals surface area contributed by atoms with E-state index in [0.717, 1.165) is 5.92 Å². The lowest BCUT2D eigenvalue weighted by Gasteiger charge is -2.40. The molecule has 0 spiro atoms. The standard InChI is InChI=1S/C49H87N3O28P2.C4H10.C2H6.2CH4/c1-26-41(60)44(63)35(20-53)76-47(26)71-11-5-8-38(57)50-17-32(56)14-29(50)24-74-81(66,67)80-34-16-31(52(19-34)40(59)10-7-13-73-49-28(3)43(62)46(65)37(22-55)78-49)25-75-82(68,69)79-33-15-30(23-70-4)51(18-33)39(58)9-6-12-72-48-27(2)42(61)45(64)36(21-54)77-48;1-4(2)3;1-2;;/h26-37,41-49,53-56,60-65H,5-25H2,1-4H3,(H,66,67)(H,68,69);4H,1-3H3;1-2H3;2*1H4/t26?,27?,28?,29-,30-,31-,32+,33+,34+,35?,36?,37?,41+,42+,43+,44-,45-,46-,47+,48+,49+;;;;/m0..../s1. The molecule has 0 radical (unpaired) electrons. The molecular weight excluding hydrogens is 1240 g/mol. The van der Waals surface area contributed by atoms with Crippen LogP contribution in [0.5, 0.6) is 0 Å². The minimum atomic E-state index is -5.00. The van der Waals surface area contributed by atoms with Gasteiger partial charge in [-0.15, -0.1) is 0 Å². The highest BCUT2D eigenvalue weighted by Gasteiger charge is 2.47. The van der Waals surface area contributed by atoms with Crippen molar-refractivity contribution in [1.82, 2.24) is 14.7 Å². The fraction of sp³-hybridized carbons (Fsp3) is 0.947. The van der Waals surface area contributed by atoms with Crippen LogP contribution >= 0.6 is 15.6 Å². The zero-order chi connectivity index (χ0) is 65.8. The molecule has 0 aromatic carbocycles. The Hall–Kier alpha value is -2.05. The summed E-state index contributed by atoms with van der Waals surface area (Å²) in [6, 6.07) is -2.48. The van der Waals surface area contributed by atoms with Crippen LogP contribution in [0.1, 0.15) is 128 Å². The summed E-state index contributed by atoms with van der Waals surface area (Å²) in [5, 5.41) is 101. The summed E-state index contributed by atoms with van der Waals surface area (Å²) in [4.78, 5) is 66.7. The van der Waals surface area contributed by atoms with Gasteiger partial charge in [0.15, 0.2) is 18.9 Å². The zero-order valence-corrected chi connectivity index (χ0v) is 54.0. The normalized spacial score (nSPS) is 35.7. The molecule has 6 aliphatic heterocycles. The van der Waals surface area contributed by atoms with Crippen molar-refractivity contribution in [3.05, 3.63) is 0 Å². The Morgan fingerprint density at radius 1 is 0.500 bits per heavy atom. The van der Waals surface area contributed by atoms with Crippen LogP contribution in [0.2, 0.25) is 0 Å². The van der Waals surface area contributed by atoms with E-state index in [1.54, 1.807) is 20.8 Å². The Morgan fingerprint density at radius 3 is 1.09 bits per heavy atom. The second kappa shape index (κ2) is 40.5. The lowest BCUT2D eigenvalue weighted by Crippen LogP contribution is -2.55. The average Bonchev–Trinajstić information content (AvgIpc) is 3.32. The third kappa shape index (κ3) is 24.9. The van der Waals surface area contributed by atoms with E-state index in [9.17, 15) is 84.4 Å². The number of amides is 3. The summed E-state index contributed by atoms with van der Waals surface area (Å²) in [6.07, 6.45) is -17.1. The van der Waals surface area contributed by atoms with Crippen LogP contribution in [0.3, 0.4) is 0 Å². The largest absolute Gasteiger partial charge is 0.472 e. The van der Waals surface area contributed by atoms with Crippen molar-refractivity contribution in [2.75, 3.05) is 86.2 Å². The number of carbonyl (C=O) groups is 3. The van der Waals surface area contributed by atoms with Crippen LogP contribution in [0.25, 0.3) is 0 Å². The number of hydrogen-bond donors (Lipinski definition) is 12. The molecular formula is C57H111N3O28P2. The van der Waals surface area contributed by atoms with Gasteiger partial charge in [-0.25, -0.2) is 9.13 Å². The number of likely N-dealkylation sites (tertiary alicyclic amines) is 3. The molecule has 33 heteroatoms. The summed E-state index contributed by atoms with van der Waals surface area (Å²) >= 11 is 0. The molecule has 3 amide bonds. The van der Waals surface area contributed by atoms with E-state index in [2.05, 4.69) is 20.8 Å². The second-order valence-corrected chi connectivity index (χ2v) is 26.6. The first-order valence-corrected chi connectivity index (χ1v) is 33.6. The summed E-state index contributed by atoms with van der Waals surface area (Å²) in [6.45, 7) is 11.8. The lowest BCUT2D eigenvalue weighted by atomic mass is 9.92. The molecule has 31 nitrogen and oxygen atoms in total. The summed E-state index contributed by atoms with van der Waals surface area (Å²) in [7, 11) is -8.55. The van der Waals surface area contributed by atoms with Crippen molar-refractivity contribution in [2.24, 2.45) is 23.7 Å². The summed E-state index contributed by atoms with van der Waals surface area (Å²) < 4.78 is 88.4. The second-order valence-electron chi connectivity index (χ2n) is 23.8. The molecule has 6 fully saturated rings. The molecule has 6 rings (SSSR count). The maximum absolute atomic E-state index is 13.9. The van der Waals surface area contributed by atoms with Crippen LogP contribution in [0.15, 0.2) is 0 Å². The number of β-amino-alcohol motifs (C(OH)–C–C–N with tert-alkyl or cyclic N) is 1. The first kappa shape index (κ1) is 84.0. The predicted octanol–water partition coefficient (Wildman–Crippen LogP) is 0.377. The quantitative estimate of drug-likeness (QED) is 0.0342. The van der Waals surface area contributed by atoms with Gasteiger partial charge in [-0.1, -0.05) is 70.2 Å². The number of nitrogens with zero attached hydrogens (tertiary/aromatic N) is 3. The van der Waals surface area contributed by atoms with Crippen LogP contribution in [0, 0.1) is 23.7 Å². The van der Waals surface area contributed by atoms with Crippen molar-refractivity contribution in [2.45, 2.75) is 238 Å². The molecule has 6 aliphatic rings. The molecule has 6 heterocycles. The third-order valence-corrected chi connectivity index (χ3v) is 18.0. The molecule has 532 valence electrons. The highest BCUT2D eigenvalue weighted by Crippen LogP contribution is 2.50. The Balaban J connectivity index is 0.00000331. The number of ether oxygens (including phenoxy) is 7. The number of aliphatic hydroxyl groups is 10. The number of hydrogen-bond acceptors (Lipinski definition) is 26. The Bertz CT molecular complexity index is 2160. The monoisotopic (exact) mass is 1350 g/mol. The van der Waals surface area contributed by atoms with Crippen LogP contribution in [0.4, 0.5) is 0 Å². The topological polar surface area (TPSA) is 439 Å². The highest BCUT2D eigenvalue weighted by molar-refractivity contribution is 7.47. The van der Waals surface area contributed by atoms with Crippen LogP contribution in [-0.4, -0.2) is 290 Å². The van der Waals surface area contributed by atoms with Gasteiger partial charge in [-0.2, -0.15) is 0 Å². The van der Waals surface area contributed by atoms with Gasteiger partial charge in [0.2, 0.25) is 17.7 Å². The number of aliphatic hydroxyl groups excluding tert-OH is 10. The first-order valence-electron chi connectivity index (χ1n) is 30.6. The van der Waals surface area contributed by atoms with Crippen molar-refractivity contribution in [3.8, 4) is 0 Å². The number of carbonyl (C=O) groups excluding carboxylic acids is 3. The fourth-order valence-electron chi connectivity index (χ4n) is 11.1. The molecule has 0 aliphatic carbocycles. The van der Waals surface area contributed by atoms with Crippen molar-refractivity contribution in [1.29, 1.82) is 0 Å². The van der Waals surface area contributed by atoms with E-state index in [0.29, 0.717) is 0 Å². The van der Waals surface area contributed by atoms with Crippen LogP contribution < -0.4 is 0 Å². The fourth-order valence-corrected chi connectivity index (χ4v) is 13.0. The molecule has 0 saturated carbocycles. The number of phosphoric acid groups is 2. The SMILES string of the molecule is C.C.CC.CC(C)C.COC[C@@H]1C[C@@H](OP(=O)(O)OC[C@@H]2C[C@@H](OP(=O)(O)OC[C@@H]3C[C@@H](O)CN3C(=O)CCCO[C@@H]3OC(CO)[C@H](O)[C@H](O)C3C)CN2C(=O)CCCO[C@@H]2OC(CO)[C@H](O)[C@H](O)C2C)CN1C(=O)CCCO[C@@H]1OC(CO)[C@H](O)[C@H](O)C1C.